The molecule has 2 aromatic carbocycles. The van der Waals surface area contributed by atoms with E-state index in [1.807, 2.05) is 41.2 Å². The van der Waals surface area contributed by atoms with Crippen LogP contribution in [0.5, 0.6) is 0 Å². The van der Waals surface area contributed by atoms with Crippen molar-refractivity contribution in [3.63, 3.8) is 0 Å². The van der Waals surface area contributed by atoms with Crippen LogP contribution in [-0.2, 0) is 5.88 Å². The number of halogens is 2. The third kappa shape index (κ3) is 1.93. The molecular formula is C14H10BrClN2. The first kappa shape index (κ1) is 11.8. The Balaban J connectivity index is 2.26. The summed E-state index contributed by atoms with van der Waals surface area (Å²) in [7, 11) is 0. The van der Waals surface area contributed by atoms with Crippen molar-refractivity contribution in [1.29, 1.82) is 0 Å². The molecule has 0 saturated carbocycles. The molecule has 0 fully saturated rings. The lowest BCUT2D eigenvalue weighted by molar-refractivity contribution is 0.900. The Hall–Kier alpha value is -1.32. The number of alkyl halides is 1. The second-order valence-electron chi connectivity index (χ2n) is 4.02. The second-order valence-corrected chi connectivity index (χ2v) is 5.20. The maximum Gasteiger partial charge on any atom is 0.0741 e. The summed E-state index contributed by atoms with van der Waals surface area (Å²) in [4.78, 5) is 0. The van der Waals surface area contributed by atoms with Gasteiger partial charge in [0, 0.05) is 15.7 Å². The maximum absolute atomic E-state index is 6.01. The normalized spacial score (nSPS) is 11.0. The van der Waals surface area contributed by atoms with E-state index in [4.69, 9.17) is 11.6 Å². The van der Waals surface area contributed by atoms with E-state index in [1.54, 1.807) is 0 Å². The molecule has 90 valence electrons. The van der Waals surface area contributed by atoms with E-state index in [2.05, 4.69) is 33.2 Å². The van der Waals surface area contributed by atoms with E-state index in [0.717, 1.165) is 26.6 Å². The first-order valence-electron chi connectivity index (χ1n) is 5.57. The second kappa shape index (κ2) is 4.75. The highest BCUT2D eigenvalue weighted by Crippen LogP contribution is 2.24. The van der Waals surface area contributed by atoms with Crippen LogP contribution in [0.15, 0.2) is 53.1 Å². The number of benzene rings is 2. The SMILES string of the molecule is ClCc1cc(Br)ccc1-n1ncc2ccccc21. The Bertz CT molecular complexity index is 706. The summed E-state index contributed by atoms with van der Waals surface area (Å²) < 4.78 is 2.96. The summed E-state index contributed by atoms with van der Waals surface area (Å²) in [6.45, 7) is 0. The van der Waals surface area contributed by atoms with Gasteiger partial charge in [0.15, 0.2) is 0 Å². The van der Waals surface area contributed by atoms with Gasteiger partial charge in [-0.2, -0.15) is 5.10 Å². The molecule has 0 bridgehead atoms. The fraction of sp³-hybridized carbons (Fsp3) is 0.0714. The number of para-hydroxylation sites is 1. The third-order valence-electron chi connectivity index (χ3n) is 2.89. The van der Waals surface area contributed by atoms with Crippen molar-refractivity contribution in [2.75, 3.05) is 0 Å². The highest BCUT2D eigenvalue weighted by atomic mass is 79.9. The molecule has 4 heteroatoms. The molecule has 2 nitrogen and oxygen atoms in total. The van der Waals surface area contributed by atoms with Crippen LogP contribution in [0.4, 0.5) is 0 Å². The van der Waals surface area contributed by atoms with E-state index in [-0.39, 0.29) is 0 Å². The summed E-state index contributed by atoms with van der Waals surface area (Å²) in [6.07, 6.45) is 1.87. The molecule has 0 aliphatic rings. The molecule has 0 spiro atoms. The van der Waals surface area contributed by atoms with Crippen LogP contribution in [0.3, 0.4) is 0 Å². The summed E-state index contributed by atoms with van der Waals surface area (Å²) in [6, 6.07) is 14.2. The first-order valence-corrected chi connectivity index (χ1v) is 6.90. The maximum atomic E-state index is 6.01. The number of hydrogen-bond donors (Lipinski definition) is 0. The zero-order valence-electron chi connectivity index (χ0n) is 9.48. The minimum absolute atomic E-state index is 0.461. The molecule has 3 aromatic rings. The molecule has 1 aromatic heterocycles. The molecule has 0 amide bonds. The number of hydrogen-bond acceptors (Lipinski definition) is 1. The Kier molecular flexibility index (Phi) is 3.10. The molecule has 0 aliphatic heterocycles. The summed E-state index contributed by atoms with van der Waals surface area (Å²) in [5.41, 5.74) is 3.17. The van der Waals surface area contributed by atoms with Gasteiger partial charge in [-0.1, -0.05) is 34.1 Å². The quantitative estimate of drug-likeness (QED) is 0.634. The minimum atomic E-state index is 0.461. The summed E-state index contributed by atoms with van der Waals surface area (Å²) in [5.74, 6) is 0.461. The molecule has 0 atom stereocenters. The molecule has 1 heterocycles. The molecule has 0 unspecified atom stereocenters. The zero-order valence-corrected chi connectivity index (χ0v) is 11.8. The first-order chi connectivity index (χ1) is 8.79. The number of fused-ring (bicyclic) bond motifs is 1. The zero-order chi connectivity index (χ0) is 12.5. The summed E-state index contributed by atoms with van der Waals surface area (Å²) in [5, 5.41) is 5.57. The van der Waals surface area contributed by atoms with Crippen molar-refractivity contribution in [3.05, 3.63) is 58.7 Å². The molecule has 3 rings (SSSR count). The average Bonchev–Trinajstić information content (AvgIpc) is 2.82. The standard InChI is InChI=1S/C14H10BrClN2/c15-12-5-6-14(11(7-12)8-16)18-13-4-2-1-3-10(13)9-17-18/h1-7,9H,8H2. The van der Waals surface area contributed by atoms with Crippen LogP contribution >= 0.6 is 27.5 Å². The van der Waals surface area contributed by atoms with E-state index in [9.17, 15) is 0 Å². The minimum Gasteiger partial charge on any atom is -0.233 e. The number of aromatic nitrogens is 2. The van der Waals surface area contributed by atoms with E-state index < -0.39 is 0 Å². The Morgan fingerprint density at radius 2 is 2.00 bits per heavy atom. The summed E-state index contributed by atoms with van der Waals surface area (Å²) >= 11 is 9.47. The van der Waals surface area contributed by atoms with Crippen LogP contribution in [-0.4, -0.2) is 9.78 Å². The smallest absolute Gasteiger partial charge is 0.0741 e. The Labute approximate surface area is 118 Å². The third-order valence-corrected chi connectivity index (χ3v) is 3.67. The lowest BCUT2D eigenvalue weighted by Crippen LogP contribution is -2.00. The van der Waals surface area contributed by atoms with Crippen LogP contribution < -0.4 is 0 Å². The fourth-order valence-electron chi connectivity index (χ4n) is 2.03. The van der Waals surface area contributed by atoms with Crippen LogP contribution in [0.25, 0.3) is 16.6 Å². The van der Waals surface area contributed by atoms with Crippen LogP contribution in [0.2, 0.25) is 0 Å². The lowest BCUT2D eigenvalue weighted by atomic mass is 10.2. The predicted octanol–water partition coefficient (Wildman–Crippen LogP) is 4.53. The van der Waals surface area contributed by atoms with E-state index >= 15 is 0 Å². The van der Waals surface area contributed by atoms with Crippen molar-refractivity contribution in [3.8, 4) is 5.69 Å². The van der Waals surface area contributed by atoms with Gasteiger partial charge >= 0.3 is 0 Å². The Morgan fingerprint density at radius 3 is 2.83 bits per heavy atom. The van der Waals surface area contributed by atoms with Gasteiger partial charge in [-0.05, 0) is 29.8 Å². The molecular weight excluding hydrogens is 312 g/mol. The van der Waals surface area contributed by atoms with Crippen LogP contribution in [0.1, 0.15) is 5.56 Å². The van der Waals surface area contributed by atoms with Crippen molar-refractivity contribution in [2.24, 2.45) is 0 Å². The van der Waals surface area contributed by atoms with Gasteiger partial charge in [-0.3, -0.25) is 0 Å². The van der Waals surface area contributed by atoms with Crippen molar-refractivity contribution >= 4 is 38.4 Å². The van der Waals surface area contributed by atoms with Gasteiger partial charge in [0.25, 0.3) is 0 Å². The van der Waals surface area contributed by atoms with Crippen molar-refractivity contribution in [2.45, 2.75) is 5.88 Å². The van der Waals surface area contributed by atoms with Crippen LogP contribution in [0, 0.1) is 0 Å². The van der Waals surface area contributed by atoms with Gasteiger partial charge in [-0.25, -0.2) is 4.68 Å². The largest absolute Gasteiger partial charge is 0.233 e. The van der Waals surface area contributed by atoms with Gasteiger partial charge in [0.1, 0.15) is 0 Å². The number of nitrogens with zero attached hydrogens (tertiary/aromatic N) is 2. The molecule has 18 heavy (non-hydrogen) atoms. The average molecular weight is 322 g/mol. The lowest BCUT2D eigenvalue weighted by Gasteiger charge is -2.09. The highest BCUT2D eigenvalue weighted by molar-refractivity contribution is 9.10. The molecule has 0 N–H and O–H groups in total. The van der Waals surface area contributed by atoms with Crippen molar-refractivity contribution < 1.29 is 0 Å². The van der Waals surface area contributed by atoms with Gasteiger partial charge in [0.2, 0.25) is 0 Å². The van der Waals surface area contributed by atoms with Crippen molar-refractivity contribution in [1.82, 2.24) is 9.78 Å². The molecule has 0 aliphatic carbocycles. The van der Waals surface area contributed by atoms with Gasteiger partial charge in [0.05, 0.1) is 17.4 Å². The van der Waals surface area contributed by atoms with Gasteiger partial charge in [-0.15, -0.1) is 11.6 Å². The predicted molar refractivity (Wildman–Crippen MR) is 78.3 cm³/mol. The molecule has 0 radical (unpaired) electrons. The number of rotatable bonds is 2. The topological polar surface area (TPSA) is 17.8 Å². The van der Waals surface area contributed by atoms with Gasteiger partial charge < -0.3 is 0 Å². The fourth-order valence-corrected chi connectivity index (χ4v) is 2.65. The van der Waals surface area contributed by atoms with E-state index in [0.29, 0.717) is 5.88 Å². The Morgan fingerprint density at radius 1 is 1.17 bits per heavy atom. The van der Waals surface area contributed by atoms with E-state index in [1.165, 1.54) is 0 Å². The highest BCUT2D eigenvalue weighted by Gasteiger charge is 2.08. The molecule has 0 saturated heterocycles. The monoisotopic (exact) mass is 320 g/mol.